The van der Waals surface area contributed by atoms with Gasteiger partial charge in [0, 0.05) is 36.0 Å². The van der Waals surface area contributed by atoms with E-state index < -0.39 is 12.0 Å². The molecule has 1 aromatic carbocycles. The normalized spacial score (nSPS) is 13.9. The first-order valence-corrected chi connectivity index (χ1v) is 8.64. The van der Waals surface area contributed by atoms with E-state index in [4.69, 9.17) is 0 Å². The van der Waals surface area contributed by atoms with Crippen molar-refractivity contribution < 1.29 is 18.0 Å². The minimum atomic E-state index is -4.66. The second kappa shape index (κ2) is 6.18. The molecule has 28 heavy (non-hydrogen) atoms. The Bertz CT molecular complexity index is 1100. The molecule has 0 atom stereocenters. The van der Waals surface area contributed by atoms with E-state index in [1.807, 2.05) is 12.1 Å². The molecule has 0 saturated heterocycles. The largest absolute Gasteiger partial charge is 0.453 e. The van der Waals surface area contributed by atoms with Gasteiger partial charge < -0.3 is 10.2 Å². The molecule has 0 spiro atoms. The molecule has 1 amide bonds. The molecular weight excluding hydrogens is 373 g/mol. The fourth-order valence-corrected chi connectivity index (χ4v) is 3.37. The highest BCUT2D eigenvalue weighted by atomic mass is 19.4. The molecule has 3 heterocycles. The number of amides is 1. The molecule has 0 aliphatic carbocycles. The van der Waals surface area contributed by atoms with E-state index in [-0.39, 0.29) is 17.4 Å². The van der Waals surface area contributed by atoms with Crippen LogP contribution in [0, 0.1) is 13.8 Å². The molecule has 1 aliphatic heterocycles. The standard InChI is InChI=1S/C18H17F3N6O/c1-9-10(2)16-23-24-17(18(19,20)21)27(16)25-15(9)22-13-4-5-14-12(8-13)6-7-26(14)11(3)28/h4-5,8H,6-7H2,1-3H3,(H,22,25). The lowest BCUT2D eigenvalue weighted by Gasteiger charge is -2.16. The van der Waals surface area contributed by atoms with Gasteiger partial charge in [0.05, 0.1) is 0 Å². The van der Waals surface area contributed by atoms with Crippen LogP contribution in [0.3, 0.4) is 0 Å². The number of fused-ring (bicyclic) bond motifs is 2. The Kier molecular flexibility index (Phi) is 4.02. The van der Waals surface area contributed by atoms with Crippen LogP contribution in [0.15, 0.2) is 18.2 Å². The van der Waals surface area contributed by atoms with Crippen molar-refractivity contribution in [1.82, 2.24) is 19.8 Å². The van der Waals surface area contributed by atoms with Crippen LogP contribution in [0.25, 0.3) is 5.65 Å². The Morgan fingerprint density at radius 3 is 2.61 bits per heavy atom. The van der Waals surface area contributed by atoms with Gasteiger partial charge in [-0.15, -0.1) is 15.3 Å². The van der Waals surface area contributed by atoms with Crippen molar-refractivity contribution in [3.05, 3.63) is 40.7 Å². The van der Waals surface area contributed by atoms with Gasteiger partial charge in [-0.05, 0) is 44.0 Å². The van der Waals surface area contributed by atoms with Crippen LogP contribution in [0.2, 0.25) is 0 Å². The molecule has 4 rings (SSSR count). The van der Waals surface area contributed by atoms with Crippen LogP contribution < -0.4 is 10.2 Å². The molecule has 7 nitrogen and oxygen atoms in total. The summed E-state index contributed by atoms with van der Waals surface area (Å²) < 4.78 is 40.3. The maximum absolute atomic E-state index is 13.2. The third-order valence-corrected chi connectivity index (χ3v) is 4.97. The smallest absolute Gasteiger partial charge is 0.339 e. The van der Waals surface area contributed by atoms with Crippen molar-refractivity contribution in [2.45, 2.75) is 33.4 Å². The predicted octanol–water partition coefficient (Wildman–Crippen LogP) is 3.41. The maximum Gasteiger partial charge on any atom is 0.453 e. The predicted molar refractivity (Wildman–Crippen MR) is 96.7 cm³/mol. The number of hydrogen-bond donors (Lipinski definition) is 1. The van der Waals surface area contributed by atoms with E-state index in [9.17, 15) is 18.0 Å². The lowest BCUT2D eigenvalue weighted by atomic mass is 10.1. The Hall–Kier alpha value is -3.17. The van der Waals surface area contributed by atoms with Crippen LogP contribution in [0.1, 0.15) is 29.4 Å². The fourth-order valence-electron chi connectivity index (χ4n) is 3.37. The number of aromatic nitrogens is 4. The zero-order valence-corrected chi connectivity index (χ0v) is 15.4. The lowest BCUT2D eigenvalue weighted by molar-refractivity contribution is -0.146. The van der Waals surface area contributed by atoms with Crippen LogP contribution >= 0.6 is 0 Å². The summed E-state index contributed by atoms with van der Waals surface area (Å²) in [4.78, 5) is 13.4. The molecule has 0 unspecified atom stereocenters. The Balaban J connectivity index is 1.74. The number of anilines is 3. The van der Waals surface area contributed by atoms with Crippen molar-refractivity contribution in [2.75, 3.05) is 16.8 Å². The number of hydrogen-bond acceptors (Lipinski definition) is 5. The van der Waals surface area contributed by atoms with Crippen molar-refractivity contribution in [2.24, 2.45) is 0 Å². The van der Waals surface area contributed by atoms with Crippen molar-refractivity contribution >= 4 is 28.7 Å². The third kappa shape index (κ3) is 2.85. The van der Waals surface area contributed by atoms with Gasteiger partial charge in [0.2, 0.25) is 5.91 Å². The number of nitrogens with zero attached hydrogens (tertiary/aromatic N) is 5. The first-order chi connectivity index (χ1) is 13.2. The number of nitrogens with one attached hydrogen (secondary N) is 1. The Labute approximate surface area is 158 Å². The summed E-state index contributed by atoms with van der Waals surface area (Å²) in [6, 6.07) is 5.49. The van der Waals surface area contributed by atoms with Crippen molar-refractivity contribution in [3.8, 4) is 0 Å². The van der Waals surface area contributed by atoms with Gasteiger partial charge in [0.1, 0.15) is 0 Å². The molecule has 0 fully saturated rings. The number of aryl methyl sites for hydroxylation is 1. The number of carbonyl (C=O) groups is 1. The highest BCUT2D eigenvalue weighted by molar-refractivity contribution is 5.94. The lowest BCUT2D eigenvalue weighted by Crippen LogP contribution is -2.25. The SMILES string of the molecule is CC(=O)N1CCc2cc(Nc3nn4c(C(F)(F)F)nnc4c(C)c3C)ccc21. The van der Waals surface area contributed by atoms with Crippen LogP contribution in [0.4, 0.5) is 30.4 Å². The molecule has 3 aromatic rings. The average molecular weight is 390 g/mol. The van der Waals surface area contributed by atoms with Gasteiger partial charge in [0.25, 0.3) is 5.82 Å². The van der Waals surface area contributed by atoms with Crippen molar-refractivity contribution in [1.29, 1.82) is 0 Å². The first-order valence-electron chi connectivity index (χ1n) is 8.64. The summed E-state index contributed by atoms with van der Waals surface area (Å²) in [6.07, 6.45) is -3.94. The van der Waals surface area contributed by atoms with E-state index in [2.05, 4.69) is 20.6 Å². The third-order valence-electron chi connectivity index (χ3n) is 4.97. The molecule has 0 bridgehead atoms. The second-order valence-electron chi connectivity index (χ2n) is 6.74. The summed E-state index contributed by atoms with van der Waals surface area (Å²) in [5, 5.41) is 14.1. The zero-order chi connectivity index (χ0) is 20.2. The van der Waals surface area contributed by atoms with Crippen LogP contribution in [-0.2, 0) is 17.4 Å². The highest BCUT2D eigenvalue weighted by Crippen LogP contribution is 2.33. The molecule has 146 valence electrons. The van der Waals surface area contributed by atoms with Crippen molar-refractivity contribution in [3.63, 3.8) is 0 Å². The number of rotatable bonds is 2. The van der Waals surface area contributed by atoms with E-state index in [0.29, 0.717) is 23.4 Å². The number of benzene rings is 1. The number of halogens is 3. The Morgan fingerprint density at radius 2 is 1.93 bits per heavy atom. The van der Waals surface area contributed by atoms with Gasteiger partial charge >= 0.3 is 6.18 Å². The van der Waals surface area contributed by atoms with E-state index >= 15 is 0 Å². The van der Waals surface area contributed by atoms with Gasteiger partial charge in [-0.3, -0.25) is 4.79 Å². The monoisotopic (exact) mass is 390 g/mol. The van der Waals surface area contributed by atoms with Crippen LogP contribution in [0.5, 0.6) is 0 Å². The molecule has 2 aromatic heterocycles. The number of carbonyl (C=O) groups excluding carboxylic acids is 1. The molecule has 0 saturated carbocycles. The maximum atomic E-state index is 13.2. The fraction of sp³-hybridized carbons (Fsp3) is 0.333. The van der Waals surface area contributed by atoms with Crippen LogP contribution in [-0.4, -0.2) is 32.3 Å². The van der Waals surface area contributed by atoms with E-state index in [1.54, 1.807) is 24.8 Å². The summed E-state index contributed by atoms with van der Waals surface area (Å²) in [5.41, 5.74) is 3.84. The molecular formula is C18H17F3N6O. The first kappa shape index (κ1) is 18.2. The van der Waals surface area contributed by atoms with E-state index in [1.165, 1.54) is 6.92 Å². The zero-order valence-electron chi connectivity index (χ0n) is 15.4. The van der Waals surface area contributed by atoms with E-state index in [0.717, 1.165) is 22.2 Å². The average Bonchev–Trinajstić information content (AvgIpc) is 3.22. The van der Waals surface area contributed by atoms with Gasteiger partial charge in [-0.25, -0.2) is 0 Å². The minimum absolute atomic E-state index is 0.0228. The summed E-state index contributed by atoms with van der Waals surface area (Å²) in [5.74, 6) is -0.901. The molecule has 1 aliphatic rings. The summed E-state index contributed by atoms with van der Waals surface area (Å²) in [6.45, 7) is 5.58. The quantitative estimate of drug-likeness (QED) is 0.726. The Morgan fingerprint density at radius 1 is 1.18 bits per heavy atom. The van der Waals surface area contributed by atoms with Gasteiger partial charge in [-0.2, -0.15) is 17.7 Å². The van der Waals surface area contributed by atoms with Gasteiger partial charge in [0.15, 0.2) is 11.5 Å². The molecule has 10 heteroatoms. The van der Waals surface area contributed by atoms with Gasteiger partial charge in [-0.1, -0.05) is 0 Å². The molecule has 1 N–H and O–H groups in total. The summed E-state index contributed by atoms with van der Waals surface area (Å²) in [7, 11) is 0. The molecule has 0 radical (unpaired) electrons. The summed E-state index contributed by atoms with van der Waals surface area (Å²) >= 11 is 0. The second-order valence-corrected chi connectivity index (χ2v) is 6.74. The minimum Gasteiger partial charge on any atom is -0.339 e. The number of alkyl halides is 3. The topological polar surface area (TPSA) is 75.4 Å². The highest BCUT2D eigenvalue weighted by Gasteiger charge is 2.38.